The van der Waals surface area contributed by atoms with E-state index in [0.29, 0.717) is 5.56 Å². The molecule has 0 heterocycles. The number of benzene rings is 1. The van der Waals surface area contributed by atoms with Gasteiger partial charge < -0.3 is 21.3 Å². The van der Waals surface area contributed by atoms with Crippen molar-refractivity contribution in [2.24, 2.45) is 5.73 Å². The van der Waals surface area contributed by atoms with E-state index in [9.17, 15) is 9.59 Å². The third kappa shape index (κ3) is 5.25. The van der Waals surface area contributed by atoms with Crippen LogP contribution in [-0.4, -0.2) is 34.7 Å². The minimum Gasteiger partial charge on any atom is -0.508 e. The van der Waals surface area contributed by atoms with Crippen molar-refractivity contribution < 1.29 is 39.3 Å². The van der Waals surface area contributed by atoms with Gasteiger partial charge in [-0.25, -0.2) is 4.79 Å². The molecule has 0 saturated heterocycles. The molecule has 18 heavy (non-hydrogen) atoms. The Kier molecular flexibility index (Phi) is 7.16. The van der Waals surface area contributed by atoms with Crippen molar-refractivity contribution in [3.05, 3.63) is 29.8 Å². The summed E-state index contributed by atoms with van der Waals surface area (Å²) in [7, 11) is 0. The van der Waals surface area contributed by atoms with Crippen molar-refractivity contribution in [2.75, 3.05) is 6.54 Å². The molecule has 5 N–H and O–H groups in total. The van der Waals surface area contributed by atoms with E-state index in [-0.39, 0.29) is 38.2 Å². The summed E-state index contributed by atoms with van der Waals surface area (Å²) in [5, 5.41) is 20.3. The van der Waals surface area contributed by atoms with Crippen LogP contribution in [0.5, 0.6) is 5.75 Å². The van der Waals surface area contributed by atoms with Crippen LogP contribution in [-0.2, 0) is 35.5 Å². The third-order valence-electron chi connectivity index (χ3n) is 2.19. The van der Waals surface area contributed by atoms with E-state index in [0.717, 1.165) is 0 Å². The van der Waals surface area contributed by atoms with Gasteiger partial charge in [0, 0.05) is 25.9 Å². The predicted molar refractivity (Wildman–Crippen MR) is 60.4 cm³/mol. The van der Waals surface area contributed by atoms with Crippen molar-refractivity contribution in [3.63, 3.8) is 0 Å². The van der Waals surface area contributed by atoms with Crippen LogP contribution in [0.4, 0.5) is 0 Å². The summed E-state index contributed by atoms with van der Waals surface area (Å²) in [4.78, 5) is 21.9. The first-order valence-electron chi connectivity index (χ1n) is 5.03. The van der Waals surface area contributed by atoms with Crippen molar-refractivity contribution in [1.82, 2.24) is 5.32 Å². The first-order chi connectivity index (χ1) is 8.02. The number of rotatable bonds is 5. The second-order valence-corrected chi connectivity index (χ2v) is 3.53. The zero-order chi connectivity index (χ0) is 12.8. The SMILES string of the molecule is NCC(=O)NC(Cc1ccc(O)cc1)C(=O)O.[Zn]. The third-order valence-corrected chi connectivity index (χ3v) is 2.19. The molecule has 0 fully saturated rings. The first-order valence-corrected chi connectivity index (χ1v) is 5.03. The monoisotopic (exact) mass is 302 g/mol. The summed E-state index contributed by atoms with van der Waals surface area (Å²) in [6.45, 7) is -0.251. The van der Waals surface area contributed by atoms with Gasteiger partial charge in [-0.05, 0) is 17.7 Å². The summed E-state index contributed by atoms with van der Waals surface area (Å²) < 4.78 is 0. The maximum atomic E-state index is 11.0. The molecule has 1 aromatic carbocycles. The molecule has 0 aliphatic heterocycles. The van der Waals surface area contributed by atoms with Crippen LogP contribution in [0.2, 0.25) is 0 Å². The van der Waals surface area contributed by atoms with Gasteiger partial charge in [-0.3, -0.25) is 4.79 Å². The van der Waals surface area contributed by atoms with Crippen LogP contribution in [0.1, 0.15) is 5.56 Å². The average molecular weight is 304 g/mol. The Labute approximate surface area is 117 Å². The molecule has 1 amide bonds. The number of hydrogen-bond acceptors (Lipinski definition) is 4. The molecule has 0 aliphatic carbocycles. The molecule has 0 bridgehead atoms. The van der Waals surface area contributed by atoms with Gasteiger partial charge in [-0.15, -0.1) is 0 Å². The number of phenols is 1. The van der Waals surface area contributed by atoms with Crippen LogP contribution in [0.3, 0.4) is 0 Å². The Hall–Kier alpha value is -1.46. The van der Waals surface area contributed by atoms with E-state index in [2.05, 4.69) is 5.32 Å². The molecule has 1 atom stereocenters. The number of aromatic hydroxyl groups is 1. The molecule has 0 aliphatic rings. The molecular formula is C11H14N2O4Zn. The largest absolute Gasteiger partial charge is 0.508 e. The Morgan fingerprint density at radius 2 is 1.83 bits per heavy atom. The number of nitrogens with one attached hydrogen (secondary N) is 1. The summed E-state index contributed by atoms with van der Waals surface area (Å²) in [5.74, 6) is -1.54. The van der Waals surface area contributed by atoms with E-state index in [1.807, 2.05) is 0 Å². The van der Waals surface area contributed by atoms with Gasteiger partial charge in [-0.2, -0.15) is 0 Å². The topological polar surface area (TPSA) is 113 Å². The fourth-order valence-electron chi connectivity index (χ4n) is 1.32. The van der Waals surface area contributed by atoms with E-state index in [1.54, 1.807) is 12.1 Å². The van der Waals surface area contributed by atoms with Gasteiger partial charge in [0.05, 0.1) is 6.54 Å². The first kappa shape index (κ1) is 16.5. The second kappa shape index (κ2) is 7.79. The average Bonchev–Trinajstić information content (AvgIpc) is 2.30. The molecule has 6 nitrogen and oxygen atoms in total. The molecule has 1 aromatic rings. The van der Waals surface area contributed by atoms with Gasteiger partial charge in [0.25, 0.3) is 0 Å². The zero-order valence-corrected chi connectivity index (χ0v) is 12.8. The molecule has 7 heteroatoms. The standard InChI is InChI=1S/C11H14N2O4.Zn/c12-6-10(15)13-9(11(16)17)5-7-1-3-8(14)4-2-7;/h1-4,9,14H,5-6,12H2,(H,13,15)(H,16,17);. The zero-order valence-electron chi connectivity index (χ0n) is 9.80. The normalized spacial score (nSPS) is 11.2. The molecule has 1 unspecified atom stereocenters. The van der Waals surface area contributed by atoms with Crippen LogP contribution in [0.15, 0.2) is 24.3 Å². The van der Waals surface area contributed by atoms with Gasteiger partial charge in [0.15, 0.2) is 0 Å². The van der Waals surface area contributed by atoms with Gasteiger partial charge in [0.1, 0.15) is 11.8 Å². The Balaban J connectivity index is 0.00000289. The summed E-state index contributed by atoms with van der Waals surface area (Å²) in [6.07, 6.45) is 0.140. The van der Waals surface area contributed by atoms with Gasteiger partial charge in [0.2, 0.25) is 5.91 Å². The van der Waals surface area contributed by atoms with Crippen LogP contribution < -0.4 is 11.1 Å². The van der Waals surface area contributed by atoms with Crippen molar-refractivity contribution in [3.8, 4) is 5.75 Å². The van der Waals surface area contributed by atoms with Crippen molar-refractivity contribution >= 4 is 11.9 Å². The number of carbonyl (C=O) groups is 2. The number of phenolic OH excluding ortho intramolecular Hbond substituents is 1. The smallest absolute Gasteiger partial charge is 0.326 e. The van der Waals surface area contributed by atoms with Crippen LogP contribution >= 0.6 is 0 Å². The number of nitrogens with two attached hydrogens (primary N) is 1. The molecule has 0 radical (unpaired) electrons. The molecule has 0 saturated carbocycles. The molecule has 0 spiro atoms. The fourth-order valence-corrected chi connectivity index (χ4v) is 1.32. The quantitative estimate of drug-likeness (QED) is 0.546. The van der Waals surface area contributed by atoms with E-state index < -0.39 is 17.9 Å². The number of carbonyl (C=O) groups excluding carboxylic acids is 1. The number of amides is 1. The van der Waals surface area contributed by atoms with Crippen LogP contribution in [0.25, 0.3) is 0 Å². The number of hydrogen-bond donors (Lipinski definition) is 4. The fraction of sp³-hybridized carbons (Fsp3) is 0.273. The number of carboxylic acids is 1. The molecular weight excluding hydrogens is 290 g/mol. The van der Waals surface area contributed by atoms with Crippen LogP contribution in [0, 0.1) is 0 Å². The molecule has 1 rings (SSSR count). The van der Waals surface area contributed by atoms with E-state index >= 15 is 0 Å². The Bertz CT molecular complexity index is 408. The van der Waals surface area contributed by atoms with Gasteiger partial charge >= 0.3 is 5.97 Å². The molecule has 94 valence electrons. The summed E-state index contributed by atoms with van der Waals surface area (Å²) in [6, 6.07) is 5.09. The second-order valence-electron chi connectivity index (χ2n) is 3.53. The predicted octanol–water partition coefficient (Wildman–Crippen LogP) is -0.540. The summed E-state index contributed by atoms with van der Waals surface area (Å²) >= 11 is 0. The minimum absolute atomic E-state index is 0. The summed E-state index contributed by atoms with van der Waals surface area (Å²) in [5.41, 5.74) is 5.80. The maximum Gasteiger partial charge on any atom is 0.326 e. The van der Waals surface area contributed by atoms with Crippen molar-refractivity contribution in [1.29, 1.82) is 0 Å². The maximum absolute atomic E-state index is 11.0. The Morgan fingerprint density at radius 3 is 2.28 bits per heavy atom. The van der Waals surface area contributed by atoms with Crippen molar-refractivity contribution in [2.45, 2.75) is 12.5 Å². The van der Waals surface area contributed by atoms with Gasteiger partial charge in [-0.1, -0.05) is 12.1 Å². The number of aliphatic carboxylic acids is 1. The Morgan fingerprint density at radius 1 is 1.28 bits per heavy atom. The van der Waals surface area contributed by atoms with E-state index in [4.69, 9.17) is 15.9 Å². The molecule has 0 aromatic heterocycles. The minimum atomic E-state index is -1.13. The van der Waals surface area contributed by atoms with E-state index in [1.165, 1.54) is 12.1 Å². The number of carboxylic acid groups (broad SMARTS) is 1.